The van der Waals surface area contributed by atoms with Crippen molar-refractivity contribution in [3.05, 3.63) is 22.6 Å². The van der Waals surface area contributed by atoms with Gasteiger partial charge in [0.25, 0.3) is 0 Å². The number of amides is 1. The Morgan fingerprint density at radius 1 is 1.50 bits per heavy atom. The second-order valence-corrected chi connectivity index (χ2v) is 5.53. The summed E-state index contributed by atoms with van der Waals surface area (Å²) in [5, 5.41) is 3.21. The highest BCUT2D eigenvalue weighted by molar-refractivity contribution is 9.10. The van der Waals surface area contributed by atoms with E-state index in [1.165, 1.54) is 6.42 Å². The lowest BCUT2D eigenvalue weighted by Crippen LogP contribution is -2.46. The third kappa shape index (κ3) is 3.36. The van der Waals surface area contributed by atoms with Gasteiger partial charge in [0, 0.05) is 13.1 Å². The molecule has 0 spiro atoms. The quantitative estimate of drug-likeness (QED) is 0.929. The Bertz CT molecular complexity index is 399. The predicted molar refractivity (Wildman–Crippen MR) is 73.1 cm³/mol. The van der Waals surface area contributed by atoms with Crippen LogP contribution in [0.25, 0.3) is 0 Å². The number of likely N-dealkylation sites (tertiary alicyclic amines) is 1. The number of carbonyl (C=O) groups is 1. The van der Waals surface area contributed by atoms with Gasteiger partial charge in [-0.05, 0) is 48.2 Å². The SMILES string of the molecule is CC(NCc1occc1Br)C(=O)N1CCCCC1. The summed E-state index contributed by atoms with van der Waals surface area (Å²) in [7, 11) is 0. The maximum Gasteiger partial charge on any atom is 0.239 e. The van der Waals surface area contributed by atoms with E-state index in [-0.39, 0.29) is 11.9 Å². The molecule has 1 saturated heterocycles. The van der Waals surface area contributed by atoms with Gasteiger partial charge in [0.15, 0.2) is 0 Å². The van der Waals surface area contributed by atoms with Crippen LogP contribution in [-0.2, 0) is 11.3 Å². The second-order valence-electron chi connectivity index (χ2n) is 4.68. The minimum Gasteiger partial charge on any atom is -0.467 e. The summed E-state index contributed by atoms with van der Waals surface area (Å²) in [6.45, 7) is 4.27. The zero-order valence-corrected chi connectivity index (χ0v) is 12.2. The summed E-state index contributed by atoms with van der Waals surface area (Å²) < 4.78 is 6.24. The topological polar surface area (TPSA) is 45.5 Å². The maximum absolute atomic E-state index is 12.2. The lowest BCUT2D eigenvalue weighted by molar-refractivity contribution is -0.134. The molecule has 1 amide bonds. The van der Waals surface area contributed by atoms with Crippen LogP contribution >= 0.6 is 15.9 Å². The molecule has 1 aromatic rings. The van der Waals surface area contributed by atoms with Gasteiger partial charge in [-0.1, -0.05) is 0 Å². The first-order valence-electron chi connectivity index (χ1n) is 6.42. The lowest BCUT2D eigenvalue weighted by atomic mass is 10.1. The number of hydrogen-bond donors (Lipinski definition) is 1. The van der Waals surface area contributed by atoms with Gasteiger partial charge in [-0.15, -0.1) is 0 Å². The van der Waals surface area contributed by atoms with E-state index < -0.39 is 0 Å². The molecule has 4 nitrogen and oxygen atoms in total. The molecule has 1 N–H and O–H groups in total. The summed E-state index contributed by atoms with van der Waals surface area (Å²) >= 11 is 3.40. The Kier molecular flexibility index (Phi) is 4.83. The molecular weight excluding hydrogens is 296 g/mol. The Morgan fingerprint density at radius 2 is 2.22 bits per heavy atom. The standard InChI is InChI=1S/C13H19BrN2O2/c1-10(13(17)16-6-3-2-4-7-16)15-9-12-11(14)5-8-18-12/h5,8,10,15H,2-4,6-7,9H2,1H3. The average Bonchev–Trinajstić information content (AvgIpc) is 2.81. The fraction of sp³-hybridized carbons (Fsp3) is 0.615. The van der Waals surface area contributed by atoms with Crippen molar-refractivity contribution < 1.29 is 9.21 Å². The zero-order valence-electron chi connectivity index (χ0n) is 10.6. The molecule has 0 saturated carbocycles. The molecule has 0 radical (unpaired) electrons. The molecule has 1 unspecified atom stereocenters. The molecule has 0 bridgehead atoms. The molecule has 1 aromatic heterocycles. The first-order chi connectivity index (χ1) is 8.68. The van der Waals surface area contributed by atoms with Crippen LogP contribution in [0.1, 0.15) is 31.9 Å². The van der Waals surface area contributed by atoms with Crippen molar-refractivity contribution in [2.24, 2.45) is 0 Å². The summed E-state index contributed by atoms with van der Waals surface area (Å²) in [5.41, 5.74) is 0. The number of halogens is 1. The number of rotatable bonds is 4. The molecule has 1 aliphatic rings. The van der Waals surface area contributed by atoms with Gasteiger partial charge in [0.2, 0.25) is 5.91 Å². The number of piperidine rings is 1. The maximum atomic E-state index is 12.2. The predicted octanol–water partition coefficient (Wildman–Crippen LogP) is 2.53. The molecule has 18 heavy (non-hydrogen) atoms. The summed E-state index contributed by atoms with van der Waals surface area (Å²) in [6, 6.07) is 1.69. The van der Waals surface area contributed by atoms with Crippen molar-refractivity contribution in [2.75, 3.05) is 13.1 Å². The van der Waals surface area contributed by atoms with Gasteiger partial charge in [-0.3, -0.25) is 10.1 Å². The third-order valence-corrected chi connectivity index (χ3v) is 4.00. The minimum atomic E-state index is -0.167. The molecule has 100 valence electrons. The lowest BCUT2D eigenvalue weighted by Gasteiger charge is -2.29. The van der Waals surface area contributed by atoms with Crippen LogP contribution in [0.4, 0.5) is 0 Å². The first kappa shape index (κ1) is 13.6. The summed E-state index contributed by atoms with van der Waals surface area (Å²) in [5.74, 6) is 1.02. The second kappa shape index (κ2) is 6.38. The average molecular weight is 315 g/mol. The van der Waals surface area contributed by atoms with Crippen LogP contribution in [0.5, 0.6) is 0 Å². The Hall–Kier alpha value is -0.810. The minimum absolute atomic E-state index is 0.167. The van der Waals surface area contributed by atoms with Crippen molar-refractivity contribution in [3.63, 3.8) is 0 Å². The number of furan rings is 1. The third-order valence-electron chi connectivity index (χ3n) is 3.30. The van der Waals surface area contributed by atoms with Crippen molar-refractivity contribution in [1.82, 2.24) is 10.2 Å². The fourth-order valence-electron chi connectivity index (χ4n) is 2.17. The number of nitrogens with zero attached hydrogens (tertiary/aromatic N) is 1. The molecule has 1 atom stereocenters. The van der Waals surface area contributed by atoms with E-state index in [2.05, 4.69) is 21.2 Å². The van der Waals surface area contributed by atoms with E-state index in [1.807, 2.05) is 17.9 Å². The van der Waals surface area contributed by atoms with Crippen molar-refractivity contribution in [3.8, 4) is 0 Å². The number of carbonyl (C=O) groups excluding carboxylic acids is 1. The Labute approximate surface area is 116 Å². The molecule has 2 rings (SSSR count). The van der Waals surface area contributed by atoms with Crippen LogP contribution in [0, 0.1) is 0 Å². The van der Waals surface area contributed by atoms with Crippen LogP contribution in [0.15, 0.2) is 21.2 Å². The van der Waals surface area contributed by atoms with E-state index in [0.29, 0.717) is 6.54 Å². The van der Waals surface area contributed by atoms with Gasteiger partial charge < -0.3 is 9.32 Å². The van der Waals surface area contributed by atoms with Crippen molar-refractivity contribution in [1.29, 1.82) is 0 Å². The normalized spacial score (nSPS) is 17.8. The van der Waals surface area contributed by atoms with Crippen LogP contribution in [0.2, 0.25) is 0 Å². The highest BCUT2D eigenvalue weighted by atomic mass is 79.9. The molecule has 2 heterocycles. The first-order valence-corrected chi connectivity index (χ1v) is 7.22. The number of nitrogens with one attached hydrogen (secondary N) is 1. The monoisotopic (exact) mass is 314 g/mol. The van der Waals surface area contributed by atoms with Crippen LogP contribution < -0.4 is 5.32 Å². The van der Waals surface area contributed by atoms with Gasteiger partial charge in [0.05, 0.1) is 23.3 Å². The molecule has 0 aliphatic carbocycles. The largest absolute Gasteiger partial charge is 0.467 e. The van der Waals surface area contributed by atoms with Crippen LogP contribution in [0.3, 0.4) is 0 Å². The molecule has 1 aliphatic heterocycles. The van der Waals surface area contributed by atoms with E-state index in [0.717, 1.165) is 36.2 Å². The Balaban J connectivity index is 1.82. The van der Waals surface area contributed by atoms with E-state index in [4.69, 9.17) is 4.42 Å². The van der Waals surface area contributed by atoms with E-state index >= 15 is 0 Å². The van der Waals surface area contributed by atoms with Gasteiger partial charge in [-0.2, -0.15) is 0 Å². The smallest absolute Gasteiger partial charge is 0.239 e. The van der Waals surface area contributed by atoms with E-state index in [9.17, 15) is 4.79 Å². The summed E-state index contributed by atoms with van der Waals surface area (Å²) in [6.07, 6.45) is 5.13. The van der Waals surface area contributed by atoms with Gasteiger partial charge in [-0.25, -0.2) is 0 Å². The number of hydrogen-bond acceptors (Lipinski definition) is 3. The summed E-state index contributed by atoms with van der Waals surface area (Å²) in [4.78, 5) is 14.1. The highest BCUT2D eigenvalue weighted by Crippen LogP contribution is 2.17. The molecule has 0 aromatic carbocycles. The molecular formula is C13H19BrN2O2. The zero-order chi connectivity index (χ0) is 13.0. The van der Waals surface area contributed by atoms with Gasteiger partial charge >= 0.3 is 0 Å². The van der Waals surface area contributed by atoms with E-state index in [1.54, 1.807) is 6.26 Å². The van der Waals surface area contributed by atoms with Crippen molar-refractivity contribution in [2.45, 2.75) is 38.8 Å². The van der Waals surface area contributed by atoms with Crippen molar-refractivity contribution >= 4 is 21.8 Å². The van der Waals surface area contributed by atoms with Gasteiger partial charge in [0.1, 0.15) is 5.76 Å². The fourth-order valence-corrected chi connectivity index (χ4v) is 2.51. The highest BCUT2D eigenvalue weighted by Gasteiger charge is 2.21. The molecule has 1 fully saturated rings. The van der Waals surface area contributed by atoms with Crippen LogP contribution in [-0.4, -0.2) is 29.9 Å². The Morgan fingerprint density at radius 3 is 2.83 bits per heavy atom. The molecule has 5 heteroatoms.